The Balaban J connectivity index is 1.49. The normalized spacial score (nSPS) is 11.3. The van der Waals surface area contributed by atoms with E-state index in [0.717, 1.165) is 17.8 Å². The fourth-order valence-electron chi connectivity index (χ4n) is 3.57. The fraction of sp³-hybridized carbons (Fsp3) is 0.167. The van der Waals surface area contributed by atoms with Gasteiger partial charge < -0.3 is 16.0 Å². The maximum absolute atomic E-state index is 13.1. The molecule has 192 valence electrons. The molecule has 4 aromatic rings. The molecule has 2 heterocycles. The highest BCUT2D eigenvalue weighted by atomic mass is 35.5. The zero-order valence-corrected chi connectivity index (χ0v) is 20.4. The lowest BCUT2D eigenvalue weighted by molar-refractivity contribution is -0.137. The molecule has 9 nitrogen and oxygen atoms in total. The van der Waals surface area contributed by atoms with Crippen molar-refractivity contribution in [2.45, 2.75) is 13.1 Å². The number of carbonyl (C=O) groups excluding carboxylic acids is 2. The summed E-state index contributed by atoms with van der Waals surface area (Å²) in [6, 6.07) is 10.6. The number of aromatic nitrogens is 3. The van der Waals surface area contributed by atoms with E-state index < -0.39 is 22.8 Å². The second kappa shape index (κ2) is 10.3. The molecule has 37 heavy (non-hydrogen) atoms. The SMILES string of the molecule is CCNC(=O)N(C)c1nccc2c1ncn2-c1ccc(NC(=O)Nc2ccc(Cl)c(C(F)(F)F)c2)cc1. The average molecular weight is 532 g/mol. The zero-order valence-electron chi connectivity index (χ0n) is 19.6. The quantitative estimate of drug-likeness (QED) is 0.298. The minimum Gasteiger partial charge on any atom is -0.338 e. The van der Waals surface area contributed by atoms with E-state index in [9.17, 15) is 22.8 Å². The van der Waals surface area contributed by atoms with Gasteiger partial charge in [0.1, 0.15) is 11.8 Å². The molecule has 0 saturated heterocycles. The van der Waals surface area contributed by atoms with E-state index in [1.165, 1.54) is 11.0 Å². The third-order valence-corrected chi connectivity index (χ3v) is 5.66. The highest BCUT2D eigenvalue weighted by Crippen LogP contribution is 2.36. The minimum absolute atomic E-state index is 0.0577. The number of halogens is 4. The molecule has 0 spiro atoms. The Morgan fingerprint density at radius 2 is 1.70 bits per heavy atom. The van der Waals surface area contributed by atoms with Gasteiger partial charge in [0.2, 0.25) is 0 Å². The van der Waals surface area contributed by atoms with Crippen molar-refractivity contribution < 1.29 is 22.8 Å². The number of nitrogens with zero attached hydrogens (tertiary/aromatic N) is 4. The molecule has 0 aliphatic rings. The molecular formula is C24H21ClF3N7O2. The van der Waals surface area contributed by atoms with Crippen molar-refractivity contribution >= 4 is 51.9 Å². The van der Waals surface area contributed by atoms with Crippen molar-refractivity contribution in [3.8, 4) is 5.69 Å². The van der Waals surface area contributed by atoms with Crippen LogP contribution in [-0.4, -0.2) is 40.2 Å². The third kappa shape index (κ3) is 5.59. The molecule has 3 N–H and O–H groups in total. The van der Waals surface area contributed by atoms with Crippen molar-refractivity contribution in [3.63, 3.8) is 0 Å². The molecule has 2 aromatic carbocycles. The lowest BCUT2D eigenvalue weighted by Gasteiger charge is -2.16. The van der Waals surface area contributed by atoms with Crippen molar-refractivity contribution in [1.82, 2.24) is 19.9 Å². The molecule has 0 fully saturated rings. The molecule has 4 rings (SSSR count). The number of hydrogen-bond acceptors (Lipinski definition) is 4. The van der Waals surface area contributed by atoms with E-state index in [1.807, 2.05) is 6.92 Å². The molecule has 0 unspecified atom stereocenters. The first-order chi connectivity index (χ1) is 17.6. The number of benzene rings is 2. The summed E-state index contributed by atoms with van der Waals surface area (Å²) in [4.78, 5) is 34.6. The van der Waals surface area contributed by atoms with Crippen LogP contribution in [0, 0.1) is 0 Å². The lowest BCUT2D eigenvalue weighted by atomic mass is 10.2. The van der Waals surface area contributed by atoms with Crippen molar-refractivity contribution in [2.24, 2.45) is 0 Å². The molecule has 0 radical (unpaired) electrons. The largest absolute Gasteiger partial charge is 0.417 e. The van der Waals surface area contributed by atoms with Gasteiger partial charge in [-0.1, -0.05) is 11.6 Å². The van der Waals surface area contributed by atoms with Crippen LogP contribution >= 0.6 is 11.6 Å². The molecule has 0 bridgehead atoms. The maximum Gasteiger partial charge on any atom is 0.417 e. The van der Waals surface area contributed by atoms with Gasteiger partial charge in [-0.25, -0.2) is 19.6 Å². The zero-order chi connectivity index (χ0) is 26.7. The topological polar surface area (TPSA) is 104 Å². The second-order valence-corrected chi connectivity index (χ2v) is 8.24. The molecule has 0 saturated carbocycles. The molecule has 4 amide bonds. The molecule has 0 atom stereocenters. The average Bonchev–Trinajstić information content (AvgIpc) is 3.29. The number of nitrogens with one attached hydrogen (secondary N) is 3. The van der Waals surface area contributed by atoms with Crippen LogP contribution in [-0.2, 0) is 6.18 Å². The summed E-state index contributed by atoms with van der Waals surface area (Å²) in [5, 5.41) is 7.19. The van der Waals surface area contributed by atoms with Gasteiger partial charge in [-0.05, 0) is 55.5 Å². The van der Waals surface area contributed by atoms with Crippen LogP contribution < -0.4 is 20.9 Å². The van der Waals surface area contributed by atoms with Gasteiger partial charge >= 0.3 is 18.2 Å². The van der Waals surface area contributed by atoms with Gasteiger partial charge in [-0.15, -0.1) is 0 Å². The first-order valence-corrected chi connectivity index (χ1v) is 11.3. The molecule has 2 aromatic heterocycles. The Morgan fingerprint density at radius 3 is 2.38 bits per heavy atom. The molecule has 13 heteroatoms. The van der Waals surface area contributed by atoms with Crippen LogP contribution in [0.1, 0.15) is 12.5 Å². The summed E-state index contributed by atoms with van der Waals surface area (Å²) < 4.78 is 40.9. The van der Waals surface area contributed by atoms with E-state index in [1.54, 1.807) is 54.5 Å². The number of urea groups is 2. The van der Waals surface area contributed by atoms with E-state index in [4.69, 9.17) is 11.6 Å². The number of pyridine rings is 1. The molecule has 0 aliphatic carbocycles. The number of rotatable bonds is 5. The van der Waals surface area contributed by atoms with Crippen LogP contribution in [0.15, 0.2) is 61.1 Å². The van der Waals surface area contributed by atoms with Crippen molar-refractivity contribution in [2.75, 3.05) is 29.1 Å². The van der Waals surface area contributed by atoms with Gasteiger partial charge in [-0.3, -0.25) is 9.47 Å². The van der Waals surface area contributed by atoms with Crippen LogP contribution in [0.5, 0.6) is 0 Å². The maximum atomic E-state index is 13.1. The predicted octanol–water partition coefficient (Wildman–Crippen LogP) is 5.90. The highest BCUT2D eigenvalue weighted by Gasteiger charge is 2.33. The van der Waals surface area contributed by atoms with Gasteiger partial charge in [0.15, 0.2) is 5.82 Å². The third-order valence-electron chi connectivity index (χ3n) is 5.33. The minimum atomic E-state index is -4.65. The summed E-state index contributed by atoms with van der Waals surface area (Å²) in [5.41, 5.74) is 1.27. The monoisotopic (exact) mass is 531 g/mol. The number of carbonyl (C=O) groups is 2. The number of fused-ring (bicyclic) bond motifs is 1. The van der Waals surface area contributed by atoms with Gasteiger partial charge in [0.25, 0.3) is 0 Å². The van der Waals surface area contributed by atoms with Crippen molar-refractivity contribution in [1.29, 1.82) is 0 Å². The van der Waals surface area contributed by atoms with Crippen LogP contribution in [0.2, 0.25) is 5.02 Å². The lowest BCUT2D eigenvalue weighted by Crippen LogP contribution is -2.37. The fourth-order valence-corrected chi connectivity index (χ4v) is 3.79. The van der Waals surface area contributed by atoms with Gasteiger partial charge in [-0.2, -0.15) is 13.2 Å². The van der Waals surface area contributed by atoms with Crippen LogP contribution in [0.3, 0.4) is 0 Å². The standard InChI is InChI=1S/C24H21ClF3N7O2/c1-3-29-23(37)34(2)21-20-19(10-11-30-21)35(13-31-20)16-7-4-14(5-8-16)32-22(36)33-15-6-9-18(25)17(12-15)24(26,27)28/h4-13H,3H2,1-2H3,(H,29,37)(H2,32,33,36). The number of anilines is 3. The Labute approximate surface area is 214 Å². The Kier molecular flexibility index (Phi) is 7.21. The summed E-state index contributed by atoms with van der Waals surface area (Å²) in [7, 11) is 1.60. The highest BCUT2D eigenvalue weighted by molar-refractivity contribution is 6.31. The van der Waals surface area contributed by atoms with Gasteiger partial charge in [0, 0.05) is 36.9 Å². The Bertz CT molecular complexity index is 1460. The van der Waals surface area contributed by atoms with E-state index in [0.29, 0.717) is 29.1 Å². The Morgan fingerprint density at radius 1 is 1.03 bits per heavy atom. The Hall–Kier alpha value is -4.32. The van der Waals surface area contributed by atoms with Crippen LogP contribution in [0.25, 0.3) is 16.7 Å². The number of hydrogen-bond donors (Lipinski definition) is 3. The predicted molar refractivity (Wildman–Crippen MR) is 135 cm³/mol. The van der Waals surface area contributed by atoms with Gasteiger partial charge in [0.05, 0.1) is 16.1 Å². The second-order valence-electron chi connectivity index (χ2n) is 7.83. The smallest absolute Gasteiger partial charge is 0.338 e. The van der Waals surface area contributed by atoms with Crippen LogP contribution in [0.4, 0.5) is 40.0 Å². The first kappa shape index (κ1) is 25.8. The molecule has 0 aliphatic heterocycles. The first-order valence-electron chi connectivity index (χ1n) is 11.0. The number of alkyl halides is 3. The van der Waals surface area contributed by atoms with Crippen molar-refractivity contribution in [3.05, 3.63) is 71.6 Å². The molecular weight excluding hydrogens is 511 g/mol. The van der Waals surface area contributed by atoms with E-state index >= 15 is 0 Å². The summed E-state index contributed by atoms with van der Waals surface area (Å²) in [5.74, 6) is 0.396. The number of amides is 4. The summed E-state index contributed by atoms with van der Waals surface area (Å²) >= 11 is 5.61. The summed E-state index contributed by atoms with van der Waals surface area (Å²) in [6.07, 6.45) is -1.48. The van der Waals surface area contributed by atoms with E-state index in [-0.39, 0.29) is 11.7 Å². The van der Waals surface area contributed by atoms with E-state index in [2.05, 4.69) is 25.9 Å². The summed E-state index contributed by atoms with van der Waals surface area (Å²) in [6.45, 7) is 2.29. The number of imidazole rings is 1.